The van der Waals surface area contributed by atoms with Gasteiger partial charge in [-0.05, 0) is 66.3 Å². The van der Waals surface area contributed by atoms with Crippen molar-refractivity contribution in [3.63, 3.8) is 0 Å². The Hall–Kier alpha value is -3.15. The molecule has 1 aliphatic carbocycles. The lowest BCUT2D eigenvalue weighted by molar-refractivity contribution is 0.202. The molecule has 0 saturated heterocycles. The molecule has 0 aromatic heterocycles. The smallest absolute Gasteiger partial charge is 0.118 e. The number of benzene rings is 2. The molecule has 0 unspecified atom stereocenters. The van der Waals surface area contributed by atoms with Crippen molar-refractivity contribution in [1.29, 1.82) is 0 Å². The van der Waals surface area contributed by atoms with Gasteiger partial charge in [0.1, 0.15) is 17.5 Å². The van der Waals surface area contributed by atoms with E-state index in [1.165, 1.54) is 10.7 Å². The van der Waals surface area contributed by atoms with Crippen LogP contribution in [-0.2, 0) is 0 Å². The number of allylic oxidation sites excluding steroid dienone is 1. The van der Waals surface area contributed by atoms with Gasteiger partial charge in [-0.1, -0.05) is 24.3 Å². The van der Waals surface area contributed by atoms with Crippen molar-refractivity contribution in [3.8, 4) is 11.5 Å². The van der Waals surface area contributed by atoms with Crippen LogP contribution >= 0.6 is 0 Å². The van der Waals surface area contributed by atoms with Crippen LogP contribution in [0.25, 0.3) is 6.08 Å². The van der Waals surface area contributed by atoms with E-state index in [1.807, 2.05) is 48.5 Å². The summed E-state index contributed by atoms with van der Waals surface area (Å²) in [6.45, 7) is 0. The minimum Gasteiger partial charge on any atom is -0.497 e. The maximum atomic E-state index is 11.5. The second-order valence-electron chi connectivity index (χ2n) is 7.05. The number of methoxy groups -OCH3 is 2. The summed E-state index contributed by atoms with van der Waals surface area (Å²) in [5.41, 5.74) is 4.26. The lowest BCUT2D eigenvalue weighted by Gasteiger charge is -2.27. The Morgan fingerprint density at radius 1 is 1.04 bits per heavy atom. The molecule has 1 saturated carbocycles. The third kappa shape index (κ3) is 3.38. The number of hydrazone groups is 1. The summed E-state index contributed by atoms with van der Waals surface area (Å²) in [7, 11) is 3.30. The van der Waals surface area contributed by atoms with Gasteiger partial charge in [0.2, 0.25) is 0 Å². The van der Waals surface area contributed by atoms with E-state index in [0.29, 0.717) is 0 Å². The molecule has 28 heavy (non-hydrogen) atoms. The first-order chi connectivity index (χ1) is 13.7. The number of ether oxygens (including phenoxy) is 2. The van der Waals surface area contributed by atoms with Gasteiger partial charge < -0.3 is 9.47 Å². The fraction of sp³-hybridized carbons (Fsp3) is 0.318. The largest absolute Gasteiger partial charge is 0.497 e. The predicted octanol–water partition coefficient (Wildman–Crippen LogP) is 4.98. The third-order valence-corrected chi connectivity index (χ3v) is 5.48. The van der Waals surface area contributed by atoms with E-state index in [-0.39, 0.29) is 12.0 Å². The van der Waals surface area contributed by atoms with E-state index >= 15 is 0 Å². The average Bonchev–Trinajstić information content (AvgIpc) is 3.14. The SMILES string of the molecule is COc1ccc(/C=C2\CCC[C@H]3C2=NN(N=O)[C@@H]3c2ccc(OC)cc2)cc1. The quantitative estimate of drug-likeness (QED) is 0.689. The van der Waals surface area contributed by atoms with Crippen LogP contribution in [0, 0.1) is 10.8 Å². The summed E-state index contributed by atoms with van der Waals surface area (Å²) in [6, 6.07) is 15.6. The van der Waals surface area contributed by atoms with Gasteiger partial charge in [0, 0.05) is 5.92 Å². The molecule has 4 rings (SSSR count). The van der Waals surface area contributed by atoms with Crippen LogP contribution < -0.4 is 9.47 Å². The first-order valence-corrected chi connectivity index (χ1v) is 9.43. The summed E-state index contributed by atoms with van der Waals surface area (Å²) in [5.74, 6) is 1.78. The van der Waals surface area contributed by atoms with Crippen molar-refractivity contribution in [2.24, 2.45) is 16.3 Å². The molecule has 2 aromatic rings. The molecule has 1 fully saturated rings. The van der Waals surface area contributed by atoms with Gasteiger partial charge in [-0.25, -0.2) is 0 Å². The molecule has 0 amide bonds. The highest BCUT2D eigenvalue weighted by Gasteiger charge is 2.42. The highest BCUT2D eigenvalue weighted by molar-refractivity contribution is 6.07. The lowest BCUT2D eigenvalue weighted by atomic mass is 9.78. The molecule has 0 spiro atoms. The molecule has 2 atom stereocenters. The molecule has 0 N–H and O–H groups in total. The molecule has 2 aromatic carbocycles. The molecule has 1 heterocycles. The molecular formula is C22H23N3O3. The van der Waals surface area contributed by atoms with Crippen molar-refractivity contribution in [1.82, 2.24) is 5.12 Å². The van der Waals surface area contributed by atoms with E-state index in [1.54, 1.807) is 14.2 Å². The van der Waals surface area contributed by atoms with E-state index < -0.39 is 0 Å². The maximum absolute atomic E-state index is 11.5. The Labute approximate surface area is 164 Å². The zero-order chi connectivity index (χ0) is 19.5. The normalized spacial score (nSPS) is 22.6. The first kappa shape index (κ1) is 18.2. The van der Waals surface area contributed by atoms with Crippen molar-refractivity contribution >= 4 is 11.8 Å². The Morgan fingerprint density at radius 3 is 2.29 bits per heavy atom. The fourth-order valence-electron chi connectivity index (χ4n) is 4.08. The second-order valence-corrected chi connectivity index (χ2v) is 7.05. The summed E-state index contributed by atoms with van der Waals surface area (Å²) >= 11 is 0. The molecule has 6 heteroatoms. The first-order valence-electron chi connectivity index (χ1n) is 9.43. The van der Waals surface area contributed by atoms with Crippen molar-refractivity contribution in [2.45, 2.75) is 25.3 Å². The zero-order valence-corrected chi connectivity index (χ0v) is 16.0. The van der Waals surface area contributed by atoms with Crippen LogP contribution in [0.15, 0.2) is 64.5 Å². The predicted molar refractivity (Wildman–Crippen MR) is 109 cm³/mol. The van der Waals surface area contributed by atoms with Gasteiger partial charge in [0.25, 0.3) is 0 Å². The summed E-state index contributed by atoms with van der Waals surface area (Å²) < 4.78 is 10.5. The number of fused-ring (bicyclic) bond motifs is 1. The summed E-state index contributed by atoms with van der Waals surface area (Å²) in [4.78, 5) is 11.5. The van der Waals surface area contributed by atoms with E-state index in [2.05, 4.69) is 16.5 Å². The molecule has 144 valence electrons. The molecule has 0 bridgehead atoms. The van der Waals surface area contributed by atoms with Crippen LogP contribution in [-0.4, -0.2) is 25.0 Å². The highest BCUT2D eigenvalue weighted by atomic mass is 16.5. The Morgan fingerprint density at radius 2 is 1.68 bits per heavy atom. The molecular weight excluding hydrogens is 354 g/mol. The Kier molecular flexibility index (Phi) is 5.10. The summed E-state index contributed by atoms with van der Waals surface area (Å²) in [5, 5.41) is 9.11. The Balaban J connectivity index is 1.65. The second kappa shape index (κ2) is 7.84. The van der Waals surface area contributed by atoms with Gasteiger partial charge in [-0.15, -0.1) is 10.0 Å². The van der Waals surface area contributed by atoms with Gasteiger partial charge in [-0.2, -0.15) is 5.10 Å². The monoisotopic (exact) mass is 377 g/mol. The van der Waals surface area contributed by atoms with Crippen LogP contribution in [0.3, 0.4) is 0 Å². The lowest BCUT2D eigenvalue weighted by Crippen LogP contribution is -2.26. The number of rotatable bonds is 5. The molecule has 2 aliphatic rings. The topological polar surface area (TPSA) is 63.5 Å². The third-order valence-electron chi connectivity index (χ3n) is 5.48. The number of nitroso groups, excluding NO2 is 1. The zero-order valence-electron chi connectivity index (χ0n) is 16.0. The van der Waals surface area contributed by atoms with Crippen molar-refractivity contribution in [3.05, 3.63) is 70.1 Å². The number of hydrogen-bond donors (Lipinski definition) is 0. The average molecular weight is 377 g/mol. The van der Waals surface area contributed by atoms with Crippen molar-refractivity contribution in [2.75, 3.05) is 14.2 Å². The number of nitrogens with zero attached hydrogens (tertiary/aromatic N) is 3. The molecule has 0 radical (unpaired) electrons. The fourth-order valence-corrected chi connectivity index (χ4v) is 4.08. The van der Waals surface area contributed by atoms with Crippen LogP contribution in [0.4, 0.5) is 0 Å². The highest BCUT2D eigenvalue weighted by Crippen LogP contribution is 2.44. The minimum atomic E-state index is -0.169. The Bertz CT molecular complexity index is 904. The van der Waals surface area contributed by atoms with Crippen LogP contribution in [0.5, 0.6) is 11.5 Å². The van der Waals surface area contributed by atoms with Crippen LogP contribution in [0.1, 0.15) is 36.4 Å². The minimum absolute atomic E-state index is 0.157. The van der Waals surface area contributed by atoms with Gasteiger partial charge >= 0.3 is 0 Å². The van der Waals surface area contributed by atoms with E-state index in [9.17, 15) is 4.91 Å². The standard InChI is InChI=1S/C22H23N3O3/c1-27-18-10-6-15(7-11-18)14-17-4-3-5-20-21(17)23-25(24-26)22(20)16-8-12-19(28-2)13-9-16/h6-14,20,22H,3-5H2,1-2H3/b17-14+/t20-,22+/m0/s1. The van der Waals surface area contributed by atoms with E-state index in [4.69, 9.17) is 9.47 Å². The van der Waals surface area contributed by atoms with E-state index in [0.717, 1.165) is 47.6 Å². The molecule has 6 nitrogen and oxygen atoms in total. The van der Waals surface area contributed by atoms with Gasteiger partial charge in [-0.3, -0.25) is 0 Å². The maximum Gasteiger partial charge on any atom is 0.118 e. The summed E-state index contributed by atoms with van der Waals surface area (Å²) in [6.07, 6.45) is 5.15. The van der Waals surface area contributed by atoms with Gasteiger partial charge in [0.05, 0.1) is 25.2 Å². The van der Waals surface area contributed by atoms with Gasteiger partial charge in [0.15, 0.2) is 0 Å². The van der Waals surface area contributed by atoms with Crippen molar-refractivity contribution < 1.29 is 9.47 Å². The van der Waals surface area contributed by atoms with Crippen LogP contribution in [0.2, 0.25) is 0 Å². The molecule has 1 aliphatic heterocycles. The number of hydrogen-bond acceptors (Lipinski definition) is 5.